The van der Waals surface area contributed by atoms with E-state index in [1.54, 1.807) is 51.2 Å². The first-order valence-corrected chi connectivity index (χ1v) is 24.0. The minimum absolute atomic E-state index is 0.110. The summed E-state index contributed by atoms with van der Waals surface area (Å²) in [5, 5.41) is 4.34. The number of nitrogens with zero attached hydrogens (tertiary/aromatic N) is 3. The predicted octanol–water partition coefficient (Wildman–Crippen LogP) is 10.1. The molecule has 1 amide bonds. The molecule has 15 heteroatoms. The number of esters is 1. The number of alkyl halides is 3. The lowest BCUT2D eigenvalue weighted by Crippen LogP contribution is -2.65. The van der Waals surface area contributed by atoms with Gasteiger partial charge in [0, 0.05) is 35.3 Å². The van der Waals surface area contributed by atoms with Crippen molar-refractivity contribution in [1.29, 1.82) is 0 Å². The number of carbonyl (C=O) groups excluding carboxylic acids is 2. The zero-order valence-corrected chi connectivity index (χ0v) is 40.4. The van der Waals surface area contributed by atoms with Crippen LogP contribution in [0.2, 0.25) is 5.04 Å². The van der Waals surface area contributed by atoms with E-state index in [1.165, 1.54) is 25.0 Å². The number of aromatic nitrogens is 3. The molecule has 3 aromatic heterocycles. The molecule has 0 aliphatic carbocycles. The molecule has 2 N–H and O–H groups in total. The molecule has 6 aromatic rings. The molecule has 66 heavy (non-hydrogen) atoms. The molecule has 0 fully saturated rings. The van der Waals surface area contributed by atoms with Crippen LogP contribution in [0.1, 0.15) is 91.5 Å². The van der Waals surface area contributed by atoms with Crippen molar-refractivity contribution in [2.75, 3.05) is 14.2 Å². The third-order valence-corrected chi connectivity index (χ3v) is 16.7. The van der Waals surface area contributed by atoms with Crippen LogP contribution < -0.4 is 15.7 Å². The number of halogens is 3. The average molecular weight is 927 g/mol. The normalized spacial score (nSPS) is 13.7. The first-order chi connectivity index (χ1) is 31.0. The van der Waals surface area contributed by atoms with Crippen LogP contribution in [0.15, 0.2) is 108 Å². The van der Waals surface area contributed by atoms with E-state index in [0.29, 0.717) is 63.9 Å². The first kappa shape index (κ1) is 49.7. The third-order valence-electron chi connectivity index (χ3n) is 12.2. The summed E-state index contributed by atoms with van der Waals surface area (Å²) in [6.45, 7) is 14.1. The van der Waals surface area contributed by atoms with Crippen molar-refractivity contribution < 1.29 is 46.2 Å². The summed E-state index contributed by atoms with van der Waals surface area (Å²) in [6, 6.07) is 27.1. The number of rotatable bonds is 17. The minimum atomic E-state index is -4.58. The lowest BCUT2D eigenvalue weighted by Gasteiger charge is -2.43. The number of pyridine rings is 1. The highest BCUT2D eigenvalue weighted by Crippen LogP contribution is 2.47. The monoisotopic (exact) mass is 926 g/mol. The predicted molar refractivity (Wildman–Crippen MR) is 252 cm³/mol. The van der Waals surface area contributed by atoms with Crippen LogP contribution >= 0.6 is 0 Å². The molecule has 11 nitrogen and oxygen atoms in total. The topological polar surface area (TPSA) is 138 Å². The molecule has 0 saturated carbocycles. The number of benzene rings is 3. The number of hydrogen-bond donors (Lipinski definition) is 2. The maximum Gasteiger partial charge on any atom is 0.408 e. The van der Waals surface area contributed by atoms with Gasteiger partial charge in [0.1, 0.15) is 30.1 Å². The van der Waals surface area contributed by atoms with E-state index in [-0.39, 0.29) is 12.3 Å². The Labute approximate surface area is 385 Å². The number of fused-ring (bicyclic) bond motifs is 1. The summed E-state index contributed by atoms with van der Waals surface area (Å²) in [6.07, 6.45) is -1.50. The maximum atomic E-state index is 14.8. The van der Waals surface area contributed by atoms with Crippen molar-refractivity contribution in [1.82, 2.24) is 19.9 Å². The van der Waals surface area contributed by atoms with Crippen LogP contribution in [0.5, 0.6) is 0 Å². The molecule has 0 unspecified atom stereocenters. The second-order valence-electron chi connectivity index (χ2n) is 19.3. The molecule has 0 radical (unpaired) electrons. The number of hydrogen-bond acceptors (Lipinski definition) is 9. The van der Waals surface area contributed by atoms with Gasteiger partial charge in [-0.05, 0) is 97.6 Å². The summed E-state index contributed by atoms with van der Waals surface area (Å²) < 4.78 is 67.5. The molecule has 0 spiro atoms. The fourth-order valence-corrected chi connectivity index (χ4v) is 12.4. The minimum Gasteiger partial charge on any atom is -0.467 e. The SMILES string of the molecule is COC(=O)[C@H](Cc1nc(-c2ccc3c(c2)c(CC(C)(C)CCC(C)(C)[Si](O)(c2ccccc2)c2ccccc2)c(-c2cccnc2[C@H](C)OC)n3CC(F)(F)F)co1)NC(=O)OC(C)(C)C. The molecule has 352 valence electrons. The largest absolute Gasteiger partial charge is 0.467 e. The first-order valence-electron chi connectivity index (χ1n) is 22.0. The Morgan fingerprint density at radius 2 is 1.52 bits per heavy atom. The Morgan fingerprint density at radius 3 is 2.09 bits per heavy atom. The standard InChI is InChI=1S/C51H61F3N4O7Si/c1-33(62-9)44-37(22-17-27-55-44)45-39(30-49(5,6)25-26-50(7,8)66(61,35-18-13-11-14-19-35)36-20-15-12-16-21-36)38-28-34(23-24-42(38)58(45)32-51(52,53)54)41-31-64-43(56-41)29-40(46(59)63-10)57-47(60)65-48(2,3)4/h11-24,27-28,31,33,40,61H,25-26,29-30,32H2,1-10H3,(H,57,60)/t33-,40-/m0/s1. The summed E-state index contributed by atoms with van der Waals surface area (Å²) in [5.41, 5.74) is 2.04. The lowest BCUT2D eigenvalue weighted by molar-refractivity contribution is -0.143. The molecule has 0 bridgehead atoms. The Morgan fingerprint density at radius 1 is 0.879 bits per heavy atom. The molecule has 3 aromatic carbocycles. The van der Waals surface area contributed by atoms with Gasteiger partial charge in [0.2, 0.25) is 0 Å². The molecular formula is C51H61F3N4O7Si. The molecule has 3 heterocycles. The van der Waals surface area contributed by atoms with Gasteiger partial charge >= 0.3 is 18.2 Å². The van der Waals surface area contributed by atoms with E-state index in [0.717, 1.165) is 10.4 Å². The van der Waals surface area contributed by atoms with Crippen molar-refractivity contribution in [2.24, 2.45) is 5.41 Å². The Bertz CT molecular complexity index is 2580. The van der Waals surface area contributed by atoms with Crippen LogP contribution in [-0.4, -0.2) is 71.7 Å². The van der Waals surface area contributed by atoms with E-state index in [9.17, 15) is 27.6 Å². The number of carbonyl (C=O) groups is 2. The fourth-order valence-electron chi connectivity index (χ4n) is 8.67. The number of nitrogens with one attached hydrogen (secondary N) is 1. The van der Waals surface area contributed by atoms with Gasteiger partial charge in [0.05, 0.1) is 31.0 Å². The van der Waals surface area contributed by atoms with Gasteiger partial charge in [0.25, 0.3) is 8.32 Å². The molecular weight excluding hydrogens is 866 g/mol. The van der Waals surface area contributed by atoms with Gasteiger partial charge < -0.3 is 33.3 Å². The van der Waals surface area contributed by atoms with Gasteiger partial charge in [-0.3, -0.25) is 4.98 Å². The Balaban J connectivity index is 1.46. The summed E-state index contributed by atoms with van der Waals surface area (Å²) in [4.78, 5) is 47.6. The highest BCUT2D eigenvalue weighted by Gasteiger charge is 2.50. The molecule has 0 aliphatic rings. The number of amides is 1. The van der Waals surface area contributed by atoms with Gasteiger partial charge in [-0.15, -0.1) is 0 Å². The van der Waals surface area contributed by atoms with E-state index in [1.807, 2.05) is 73.7 Å². The number of alkyl carbamates (subject to hydrolysis) is 1. The van der Waals surface area contributed by atoms with Crippen molar-refractivity contribution in [3.63, 3.8) is 0 Å². The number of methoxy groups -OCH3 is 2. The lowest BCUT2D eigenvalue weighted by atomic mass is 9.78. The molecule has 0 saturated heterocycles. The van der Waals surface area contributed by atoms with Crippen LogP contribution in [-0.2, 0) is 38.4 Å². The number of ether oxygens (including phenoxy) is 3. The third kappa shape index (κ3) is 11.2. The smallest absolute Gasteiger partial charge is 0.408 e. The van der Waals surface area contributed by atoms with Gasteiger partial charge in [-0.2, -0.15) is 13.2 Å². The quantitative estimate of drug-likeness (QED) is 0.0676. The molecule has 6 rings (SSSR count). The fraction of sp³-hybridized carbons (Fsp3) is 0.412. The summed E-state index contributed by atoms with van der Waals surface area (Å²) in [7, 11) is -0.641. The summed E-state index contributed by atoms with van der Waals surface area (Å²) in [5.74, 6) is -0.625. The van der Waals surface area contributed by atoms with Gasteiger partial charge in [-0.1, -0.05) is 94.4 Å². The maximum absolute atomic E-state index is 14.8. The van der Waals surface area contributed by atoms with Crippen LogP contribution in [0, 0.1) is 5.41 Å². The van der Waals surface area contributed by atoms with Crippen molar-refractivity contribution in [3.05, 3.63) is 121 Å². The van der Waals surface area contributed by atoms with E-state index >= 15 is 0 Å². The molecule has 2 atom stereocenters. The Kier molecular flexibility index (Phi) is 14.7. The zero-order chi connectivity index (χ0) is 48.2. The van der Waals surface area contributed by atoms with Crippen LogP contribution in [0.4, 0.5) is 18.0 Å². The highest BCUT2D eigenvalue weighted by molar-refractivity contribution is 6.98. The van der Waals surface area contributed by atoms with Gasteiger partial charge in [0.15, 0.2) is 5.89 Å². The van der Waals surface area contributed by atoms with Crippen molar-refractivity contribution in [2.45, 2.75) is 117 Å². The van der Waals surface area contributed by atoms with E-state index < -0.39 is 61.3 Å². The number of oxazole rings is 1. The van der Waals surface area contributed by atoms with E-state index in [4.69, 9.17) is 18.6 Å². The molecule has 0 aliphatic heterocycles. The second kappa shape index (κ2) is 19.6. The summed E-state index contributed by atoms with van der Waals surface area (Å²) >= 11 is 0. The Hall–Kier alpha value is -5.77. The van der Waals surface area contributed by atoms with Crippen molar-refractivity contribution >= 4 is 41.7 Å². The van der Waals surface area contributed by atoms with Crippen LogP contribution in [0.3, 0.4) is 0 Å². The van der Waals surface area contributed by atoms with Crippen LogP contribution in [0.25, 0.3) is 33.4 Å². The van der Waals surface area contributed by atoms with E-state index in [2.05, 4.69) is 43.0 Å². The highest BCUT2D eigenvalue weighted by atomic mass is 28.4. The average Bonchev–Trinajstić information content (AvgIpc) is 3.85. The van der Waals surface area contributed by atoms with Gasteiger partial charge in [-0.25, -0.2) is 14.6 Å². The van der Waals surface area contributed by atoms with Crippen molar-refractivity contribution in [3.8, 4) is 22.5 Å². The second-order valence-corrected chi connectivity index (χ2v) is 23.2. The zero-order valence-electron chi connectivity index (χ0n) is 39.4.